The molecule has 15 heavy (non-hydrogen) atoms. The summed E-state index contributed by atoms with van der Waals surface area (Å²) in [6, 6.07) is 0. The Bertz CT molecular complexity index is 161. The van der Waals surface area contributed by atoms with E-state index in [-0.39, 0.29) is 6.61 Å². The molecular weight excluding hydrogens is 208 g/mol. The van der Waals surface area contributed by atoms with Crippen LogP contribution in [0, 0.1) is 0 Å². The van der Waals surface area contributed by atoms with Crippen molar-refractivity contribution in [1.29, 1.82) is 0 Å². The maximum absolute atomic E-state index is 10.5. The van der Waals surface area contributed by atoms with Crippen LogP contribution >= 0.6 is 0 Å². The van der Waals surface area contributed by atoms with Crippen molar-refractivity contribution >= 4 is 5.78 Å². The van der Waals surface area contributed by atoms with E-state index in [1.165, 1.54) is 0 Å². The summed E-state index contributed by atoms with van der Waals surface area (Å²) < 4.78 is 0. The summed E-state index contributed by atoms with van der Waals surface area (Å²) in [5.41, 5.74) is 0. The summed E-state index contributed by atoms with van der Waals surface area (Å²) in [6.45, 7) is 0.243. The third kappa shape index (κ3) is 7.37. The fourth-order valence-electron chi connectivity index (χ4n) is 0.602. The monoisotopic (exact) mass is 226 g/mol. The Morgan fingerprint density at radius 3 is 1.80 bits per heavy atom. The van der Waals surface area contributed by atoms with E-state index in [0.29, 0.717) is 0 Å². The highest BCUT2D eigenvalue weighted by atomic mass is 16.4. The number of hydrogen-bond acceptors (Lipinski definition) is 7. The molecule has 0 saturated heterocycles. The first-order valence-corrected chi connectivity index (χ1v) is 4.35. The van der Waals surface area contributed by atoms with Crippen molar-refractivity contribution in [2.45, 2.75) is 25.2 Å². The predicted molar refractivity (Wildman–Crippen MR) is 50.0 cm³/mol. The summed E-state index contributed by atoms with van der Waals surface area (Å²) in [6.07, 6.45) is -5.22. The first-order valence-electron chi connectivity index (χ1n) is 4.35. The van der Waals surface area contributed by atoms with Gasteiger partial charge in [-0.05, 0) is 6.92 Å². The molecule has 0 aromatic carbocycles. The van der Waals surface area contributed by atoms with Gasteiger partial charge in [-0.25, -0.2) is 0 Å². The van der Waals surface area contributed by atoms with Crippen LogP contribution in [0.1, 0.15) is 6.92 Å². The van der Waals surface area contributed by atoms with Gasteiger partial charge in [0.25, 0.3) is 0 Å². The quantitative estimate of drug-likeness (QED) is 0.287. The standard InChI is InChI=1S/C6H12O6.C2H6O/c7-1-3(9)5(11)6(12)4(10)2-8;1-2-3/h3,5-9,11-12H,1-2H2;3H,2H2,1H3/t3-,5-,6+;/m1./s1. The fourth-order valence-corrected chi connectivity index (χ4v) is 0.602. The molecule has 0 radical (unpaired) electrons. The van der Waals surface area contributed by atoms with Crippen molar-refractivity contribution in [3.05, 3.63) is 0 Å². The molecule has 0 rings (SSSR count). The molecule has 0 amide bonds. The average Bonchev–Trinajstić information content (AvgIpc) is 2.25. The molecule has 3 atom stereocenters. The second-order valence-electron chi connectivity index (χ2n) is 2.63. The SMILES string of the molecule is CCO.O=C(CO)[C@H](O)[C@H](O)[C@H](O)CO. The molecular formula is C8H18O7. The minimum atomic E-state index is -1.86. The third-order valence-electron chi connectivity index (χ3n) is 1.39. The highest BCUT2D eigenvalue weighted by Crippen LogP contribution is 2.00. The van der Waals surface area contributed by atoms with Gasteiger partial charge in [0, 0.05) is 6.61 Å². The summed E-state index contributed by atoms with van der Waals surface area (Å²) in [4.78, 5) is 10.5. The summed E-state index contributed by atoms with van der Waals surface area (Å²) in [7, 11) is 0. The Hall–Kier alpha value is -0.570. The molecule has 0 bridgehead atoms. The number of aliphatic hydroxyl groups is 6. The minimum Gasteiger partial charge on any atom is -0.397 e. The Labute approximate surface area is 87.2 Å². The van der Waals surface area contributed by atoms with Crippen LogP contribution in [-0.4, -0.2) is 74.6 Å². The van der Waals surface area contributed by atoms with E-state index in [1.54, 1.807) is 6.92 Å². The molecule has 0 aliphatic rings. The van der Waals surface area contributed by atoms with Crippen LogP contribution in [0.25, 0.3) is 0 Å². The zero-order chi connectivity index (χ0) is 12.4. The molecule has 92 valence electrons. The second-order valence-corrected chi connectivity index (χ2v) is 2.63. The molecule has 0 aliphatic heterocycles. The van der Waals surface area contributed by atoms with Crippen LogP contribution in [-0.2, 0) is 4.79 Å². The molecule has 0 aromatic heterocycles. The van der Waals surface area contributed by atoms with E-state index >= 15 is 0 Å². The topological polar surface area (TPSA) is 138 Å². The molecule has 0 unspecified atom stereocenters. The van der Waals surface area contributed by atoms with Gasteiger partial charge in [0.1, 0.15) is 24.9 Å². The zero-order valence-electron chi connectivity index (χ0n) is 8.44. The highest BCUT2D eigenvalue weighted by Gasteiger charge is 2.28. The van der Waals surface area contributed by atoms with E-state index in [9.17, 15) is 4.79 Å². The van der Waals surface area contributed by atoms with E-state index in [0.717, 1.165) is 0 Å². The fraction of sp³-hybridized carbons (Fsp3) is 0.875. The van der Waals surface area contributed by atoms with Crippen LogP contribution in [0.4, 0.5) is 0 Å². The van der Waals surface area contributed by atoms with Crippen LogP contribution in [0.15, 0.2) is 0 Å². The number of aliphatic hydroxyl groups excluding tert-OH is 6. The van der Waals surface area contributed by atoms with E-state index in [2.05, 4.69) is 0 Å². The molecule has 0 aliphatic carbocycles. The predicted octanol–water partition coefficient (Wildman–Crippen LogP) is -3.38. The lowest BCUT2D eigenvalue weighted by Crippen LogP contribution is -2.44. The number of hydrogen-bond donors (Lipinski definition) is 6. The number of carbonyl (C=O) groups is 1. The van der Waals surface area contributed by atoms with Crippen LogP contribution in [0.3, 0.4) is 0 Å². The van der Waals surface area contributed by atoms with Crippen molar-refractivity contribution in [1.82, 2.24) is 0 Å². The number of carbonyl (C=O) groups excluding carboxylic acids is 1. The van der Waals surface area contributed by atoms with Crippen LogP contribution < -0.4 is 0 Å². The normalized spacial score (nSPS) is 15.9. The van der Waals surface area contributed by atoms with Gasteiger partial charge in [-0.1, -0.05) is 0 Å². The first kappa shape index (κ1) is 16.8. The zero-order valence-corrected chi connectivity index (χ0v) is 8.44. The van der Waals surface area contributed by atoms with Gasteiger partial charge in [0.05, 0.1) is 6.61 Å². The lowest BCUT2D eigenvalue weighted by Gasteiger charge is -2.19. The molecule has 0 aromatic rings. The maximum atomic E-state index is 10.5. The van der Waals surface area contributed by atoms with Gasteiger partial charge < -0.3 is 30.6 Å². The van der Waals surface area contributed by atoms with Crippen molar-refractivity contribution in [2.24, 2.45) is 0 Å². The van der Waals surface area contributed by atoms with Gasteiger partial charge in [0.15, 0.2) is 5.78 Å². The van der Waals surface area contributed by atoms with Crippen molar-refractivity contribution in [3.63, 3.8) is 0 Å². The van der Waals surface area contributed by atoms with Crippen molar-refractivity contribution < 1.29 is 35.4 Å². The van der Waals surface area contributed by atoms with E-state index < -0.39 is 37.3 Å². The van der Waals surface area contributed by atoms with Crippen molar-refractivity contribution in [2.75, 3.05) is 19.8 Å². The lowest BCUT2D eigenvalue weighted by molar-refractivity contribution is -0.142. The van der Waals surface area contributed by atoms with E-state index in [4.69, 9.17) is 30.6 Å². The smallest absolute Gasteiger partial charge is 0.189 e. The number of Topliss-reactive ketones (excluding diaryl/α,β-unsaturated/α-hetero) is 1. The molecule has 7 nitrogen and oxygen atoms in total. The highest BCUT2D eigenvalue weighted by molar-refractivity contribution is 5.84. The summed E-state index contributed by atoms with van der Waals surface area (Å²) >= 11 is 0. The van der Waals surface area contributed by atoms with E-state index in [1.807, 2.05) is 0 Å². The molecule has 0 fully saturated rings. The Kier molecular flexibility index (Phi) is 11.2. The number of ketones is 1. The van der Waals surface area contributed by atoms with Gasteiger partial charge in [-0.2, -0.15) is 0 Å². The Balaban J connectivity index is 0. The van der Waals surface area contributed by atoms with Gasteiger partial charge in [-0.3, -0.25) is 4.79 Å². The van der Waals surface area contributed by atoms with Crippen LogP contribution in [0.2, 0.25) is 0 Å². The maximum Gasteiger partial charge on any atom is 0.189 e. The molecule has 6 N–H and O–H groups in total. The third-order valence-corrected chi connectivity index (χ3v) is 1.39. The Morgan fingerprint density at radius 2 is 1.53 bits per heavy atom. The minimum absolute atomic E-state index is 0.250. The van der Waals surface area contributed by atoms with Crippen molar-refractivity contribution in [3.8, 4) is 0 Å². The van der Waals surface area contributed by atoms with Gasteiger partial charge >= 0.3 is 0 Å². The largest absolute Gasteiger partial charge is 0.397 e. The Morgan fingerprint density at radius 1 is 1.13 bits per heavy atom. The summed E-state index contributed by atoms with van der Waals surface area (Å²) in [5, 5.41) is 50.6. The molecule has 0 saturated carbocycles. The second kappa shape index (κ2) is 9.97. The van der Waals surface area contributed by atoms with Gasteiger partial charge in [-0.15, -0.1) is 0 Å². The van der Waals surface area contributed by atoms with Gasteiger partial charge in [0.2, 0.25) is 0 Å². The molecule has 0 heterocycles. The average molecular weight is 226 g/mol. The number of rotatable bonds is 5. The first-order chi connectivity index (χ1) is 6.95. The molecule has 7 heteroatoms. The molecule has 0 spiro atoms. The summed E-state index contributed by atoms with van der Waals surface area (Å²) in [5.74, 6) is -1.00. The lowest BCUT2D eigenvalue weighted by atomic mass is 10.1. The van der Waals surface area contributed by atoms with Crippen LogP contribution in [0.5, 0.6) is 0 Å².